The Morgan fingerprint density at radius 2 is 1.69 bits per heavy atom. The van der Waals surface area contributed by atoms with Crippen LogP contribution in [-0.4, -0.2) is 37.9 Å². The van der Waals surface area contributed by atoms with Gasteiger partial charge in [0, 0.05) is 48.0 Å². The van der Waals surface area contributed by atoms with E-state index in [0.717, 1.165) is 50.2 Å². The first-order valence-corrected chi connectivity index (χ1v) is 10.8. The van der Waals surface area contributed by atoms with E-state index in [-0.39, 0.29) is 10.6 Å². The molecule has 29 heavy (non-hydrogen) atoms. The van der Waals surface area contributed by atoms with Crippen LogP contribution < -0.4 is 0 Å². The average molecular weight is 503 g/mol. The number of non-ortho nitro benzene ring substituents is 1. The molecule has 3 aromatic rings. The number of hydrogen-bond donors (Lipinski definition) is 0. The van der Waals surface area contributed by atoms with Crippen LogP contribution in [-0.2, 0) is 13.0 Å². The van der Waals surface area contributed by atoms with E-state index in [1.54, 1.807) is 12.1 Å². The van der Waals surface area contributed by atoms with E-state index in [9.17, 15) is 10.1 Å². The highest BCUT2D eigenvalue weighted by atomic mass is 127. The van der Waals surface area contributed by atoms with Crippen molar-refractivity contribution in [2.24, 2.45) is 0 Å². The van der Waals surface area contributed by atoms with Gasteiger partial charge >= 0.3 is 0 Å². The van der Waals surface area contributed by atoms with Crippen LogP contribution in [0.5, 0.6) is 0 Å². The molecule has 1 aromatic heterocycles. The monoisotopic (exact) mass is 503 g/mol. The number of nitro groups is 1. The zero-order valence-corrected chi connectivity index (χ0v) is 18.1. The second-order valence-electron chi connectivity index (χ2n) is 7.42. The van der Waals surface area contributed by atoms with Crippen molar-refractivity contribution in [3.8, 4) is 0 Å². The van der Waals surface area contributed by atoms with Gasteiger partial charge in [-0.15, -0.1) is 5.10 Å². The molecule has 1 aliphatic rings. The van der Waals surface area contributed by atoms with Gasteiger partial charge in [0.05, 0.1) is 16.7 Å². The molecule has 0 aliphatic carbocycles. The molecular weight excluding hydrogens is 481 g/mol. The molecule has 0 bridgehead atoms. The lowest BCUT2D eigenvalue weighted by atomic mass is 10.0. The maximum absolute atomic E-state index is 10.8. The summed E-state index contributed by atoms with van der Waals surface area (Å²) in [5, 5.41) is 19.5. The van der Waals surface area contributed by atoms with Crippen molar-refractivity contribution in [2.45, 2.75) is 31.8 Å². The Kier molecular flexibility index (Phi) is 6.19. The molecule has 150 valence electrons. The minimum absolute atomic E-state index is 0.139. The number of halogens is 1. The van der Waals surface area contributed by atoms with Gasteiger partial charge in [0.2, 0.25) is 0 Å². The molecule has 0 radical (unpaired) electrons. The summed E-state index contributed by atoms with van der Waals surface area (Å²) in [7, 11) is 0. The zero-order valence-electron chi connectivity index (χ0n) is 15.9. The smallest absolute Gasteiger partial charge is 0.269 e. The van der Waals surface area contributed by atoms with Crippen LogP contribution in [0.25, 0.3) is 0 Å². The van der Waals surface area contributed by atoms with Gasteiger partial charge in [0.1, 0.15) is 0 Å². The van der Waals surface area contributed by atoms with Gasteiger partial charge in [-0.3, -0.25) is 15.0 Å². The number of rotatable bonds is 6. The molecule has 2 aromatic carbocycles. The SMILES string of the molecule is O=[N+]([O-])c1ccc(CN2CCC(n3cc(Cc4ccc(I)cc4)nn3)CC2)cc1. The van der Waals surface area contributed by atoms with E-state index in [4.69, 9.17) is 0 Å². The van der Waals surface area contributed by atoms with Gasteiger partial charge in [-0.1, -0.05) is 29.5 Å². The third-order valence-electron chi connectivity index (χ3n) is 5.34. The van der Waals surface area contributed by atoms with Gasteiger partial charge in [-0.05, 0) is 58.7 Å². The van der Waals surface area contributed by atoms with Crippen LogP contribution in [0.3, 0.4) is 0 Å². The fourth-order valence-corrected chi connectivity index (χ4v) is 4.07. The summed E-state index contributed by atoms with van der Waals surface area (Å²) in [4.78, 5) is 12.8. The Morgan fingerprint density at radius 3 is 2.34 bits per heavy atom. The van der Waals surface area contributed by atoms with Gasteiger partial charge in [0.25, 0.3) is 5.69 Å². The van der Waals surface area contributed by atoms with Crippen LogP contribution in [0.2, 0.25) is 0 Å². The Morgan fingerprint density at radius 1 is 1.03 bits per heavy atom. The molecule has 7 nitrogen and oxygen atoms in total. The highest BCUT2D eigenvalue weighted by Crippen LogP contribution is 2.24. The summed E-state index contributed by atoms with van der Waals surface area (Å²) >= 11 is 2.31. The standard InChI is InChI=1S/C21H22IN5O2/c22-18-5-1-16(2-6-18)13-19-15-26(24-23-19)20-9-11-25(12-10-20)14-17-3-7-21(8-4-17)27(28)29/h1-8,15,20H,9-14H2. The van der Waals surface area contributed by atoms with E-state index in [0.29, 0.717) is 6.04 Å². The number of aromatic nitrogens is 3. The summed E-state index contributed by atoms with van der Waals surface area (Å²) < 4.78 is 3.25. The van der Waals surface area contributed by atoms with Crippen molar-refractivity contribution in [1.29, 1.82) is 0 Å². The number of hydrogen-bond acceptors (Lipinski definition) is 5. The Labute approximate surface area is 183 Å². The largest absolute Gasteiger partial charge is 0.299 e. The fraction of sp³-hybridized carbons (Fsp3) is 0.333. The number of likely N-dealkylation sites (tertiary alicyclic amines) is 1. The van der Waals surface area contributed by atoms with Gasteiger partial charge in [-0.2, -0.15) is 0 Å². The first-order valence-electron chi connectivity index (χ1n) is 9.67. The van der Waals surface area contributed by atoms with Gasteiger partial charge in [-0.25, -0.2) is 4.68 Å². The topological polar surface area (TPSA) is 77.1 Å². The molecule has 0 spiro atoms. The number of benzene rings is 2. The first-order chi connectivity index (χ1) is 14.1. The van der Waals surface area contributed by atoms with Crippen LogP contribution in [0.15, 0.2) is 54.7 Å². The third-order valence-corrected chi connectivity index (χ3v) is 6.06. The molecule has 0 N–H and O–H groups in total. The Bertz CT molecular complexity index is 963. The molecule has 0 amide bonds. The van der Waals surface area contributed by atoms with Crippen LogP contribution in [0.4, 0.5) is 5.69 Å². The van der Waals surface area contributed by atoms with E-state index >= 15 is 0 Å². The summed E-state index contributed by atoms with van der Waals surface area (Å²) in [6.07, 6.45) is 4.93. The maximum Gasteiger partial charge on any atom is 0.269 e. The van der Waals surface area contributed by atoms with Crippen LogP contribution in [0, 0.1) is 13.7 Å². The normalized spacial score (nSPS) is 15.5. The number of nitro benzene ring substituents is 1. The lowest BCUT2D eigenvalue weighted by Crippen LogP contribution is -2.34. The molecule has 0 saturated carbocycles. The summed E-state index contributed by atoms with van der Waals surface area (Å²) in [6, 6.07) is 15.7. The van der Waals surface area contributed by atoms with Crippen molar-refractivity contribution in [3.63, 3.8) is 0 Å². The van der Waals surface area contributed by atoms with E-state index in [1.165, 1.54) is 9.13 Å². The summed E-state index contributed by atoms with van der Waals surface area (Å²) in [5.41, 5.74) is 3.49. The highest BCUT2D eigenvalue weighted by Gasteiger charge is 2.22. The zero-order chi connectivity index (χ0) is 20.2. The highest BCUT2D eigenvalue weighted by molar-refractivity contribution is 14.1. The minimum Gasteiger partial charge on any atom is -0.299 e. The number of piperidine rings is 1. The van der Waals surface area contributed by atoms with Crippen molar-refractivity contribution in [2.75, 3.05) is 13.1 Å². The lowest BCUT2D eigenvalue weighted by Gasteiger charge is -2.31. The minimum atomic E-state index is -0.361. The molecule has 1 fully saturated rings. The molecule has 0 unspecified atom stereocenters. The van der Waals surface area contributed by atoms with E-state index in [1.807, 2.05) is 16.8 Å². The van der Waals surface area contributed by atoms with E-state index < -0.39 is 0 Å². The molecule has 1 saturated heterocycles. The molecule has 8 heteroatoms. The fourth-order valence-electron chi connectivity index (χ4n) is 3.71. The third kappa shape index (κ3) is 5.18. The Hall–Kier alpha value is -2.33. The van der Waals surface area contributed by atoms with Gasteiger partial charge in [0.15, 0.2) is 0 Å². The summed E-state index contributed by atoms with van der Waals surface area (Å²) in [6.45, 7) is 2.78. The Balaban J connectivity index is 1.30. The molecular formula is C21H22IN5O2. The van der Waals surface area contributed by atoms with Crippen LogP contribution >= 0.6 is 22.6 Å². The number of nitrogens with zero attached hydrogens (tertiary/aromatic N) is 5. The molecule has 1 aliphatic heterocycles. The predicted molar refractivity (Wildman–Crippen MR) is 119 cm³/mol. The first kappa shape index (κ1) is 20.0. The maximum atomic E-state index is 10.8. The second-order valence-corrected chi connectivity index (χ2v) is 8.67. The summed E-state index contributed by atoms with van der Waals surface area (Å²) in [5.74, 6) is 0. The van der Waals surface area contributed by atoms with Gasteiger partial charge < -0.3 is 0 Å². The molecule has 2 heterocycles. The quantitative estimate of drug-likeness (QED) is 0.286. The molecule has 4 rings (SSSR count). The second kappa shape index (κ2) is 9.00. The van der Waals surface area contributed by atoms with Crippen molar-refractivity contribution in [3.05, 3.63) is 85.2 Å². The predicted octanol–water partition coefficient (Wildman–Crippen LogP) is 4.22. The average Bonchev–Trinajstić information content (AvgIpc) is 3.19. The van der Waals surface area contributed by atoms with E-state index in [2.05, 4.69) is 68.3 Å². The van der Waals surface area contributed by atoms with Crippen molar-refractivity contribution >= 4 is 28.3 Å². The van der Waals surface area contributed by atoms with Crippen molar-refractivity contribution < 1.29 is 4.92 Å². The van der Waals surface area contributed by atoms with Crippen LogP contribution in [0.1, 0.15) is 35.7 Å². The molecule has 0 atom stereocenters. The van der Waals surface area contributed by atoms with Crippen molar-refractivity contribution in [1.82, 2.24) is 19.9 Å². The lowest BCUT2D eigenvalue weighted by molar-refractivity contribution is -0.384.